The number of ether oxygens (including phenoxy) is 1. The van der Waals surface area contributed by atoms with Crippen LogP contribution < -0.4 is 4.74 Å². The zero-order valence-corrected chi connectivity index (χ0v) is 11.0. The molecule has 1 fully saturated rings. The second kappa shape index (κ2) is 5.30. The van der Waals surface area contributed by atoms with E-state index in [1.807, 2.05) is 24.3 Å². The van der Waals surface area contributed by atoms with Gasteiger partial charge in [-0.2, -0.15) is 0 Å². The zero-order chi connectivity index (χ0) is 14.0. The van der Waals surface area contributed by atoms with Gasteiger partial charge < -0.3 is 14.7 Å². The number of rotatable bonds is 5. The lowest BCUT2D eigenvalue weighted by Crippen LogP contribution is -2.29. The topological polar surface area (TPSA) is 66.8 Å². The predicted octanol–water partition coefficient (Wildman–Crippen LogP) is 1.37. The number of aliphatic carboxylic acids is 1. The van der Waals surface area contributed by atoms with Crippen molar-refractivity contribution in [3.8, 4) is 5.75 Å². The van der Waals surface area contributed by atoms with Crippen LogP contribution in [-0.2, 0) is 16.1 Å². The Bertz CT molecular complexity index is 500. The molecule has 1 saturated carbocycles. The van der Waals surface area contributed by atoms with Gasteiger partial charge in [0.2, 0.25) is 5.91 Å². The Morgan fingerprint density at radius 3 is 2.63 bits per heavy atom. The summed E-state index contributed by atoms with van der Waals surface area (Å²) in [5.41, 5.74) is 0.911. The molecule has 1 aromatic rings. The van der Waals surface area contributed by atoms with E-state index in [4.69, 9.17) is 9.84 Å². The highest BCUT2D eigenvalue weighted by molar-refractivity contribution is 5.89. The van der Waals surface area contributed by atoms with E-state index in [2.05, 4.69) is 0 Å². The van der Waals surface area contributed by atoms with Gasteiger partial charge in [-0.05, 0) is 12.5 Å². The number of carboxylic acids is 1. The number of hydrogen-bond acceptors (Lipinski definition) is 3. The van der Waals surface area contributed by atoms with E-state index in [0.29, 0.717) is 13.0 Å². The maximum absolute atomic E-state index is 12.0. The SMILES string of the molecule is COc1ccccc1CN(C)C(=O)[C@@H]1C[C@@H]1C(=O)O. The summed E-state index contributed by atoms with van der Waals surface area (Å²) in [6.45, 7) is 0.422. The van der Waals surface area contributed by atoms with Crippen molar-refractivity contribution in [2.75, 3.05) is 14.2 Å². The summed E-state index contributed by atoms with van der Waals surface area (Å²) in [6, 6.07) is 7.48. The highest BCUT2D eigenvalue weighted by atomic mass is 16.5. The van der Waals surface area contributed by atoms with Crippen LogP contribution in [0.2, 0.25) is 0 Å². The van der Waals surface area contributed by atoms with Crippen LogP contribution in [0.15, 0.2) is 24.3 Å². The van der Waals surface area contributed by atoms with Crippen LogP contribution in [0, 0.1) is 11.8 Å². The third kappa shape index (κ3) is 2.86. The summed E-state index contributed by atoms with van der Waals surface area (Å²) in [7, 11) is 3.27. The molecule has 5 heteroatoms. The van der Waals surface area contributed by atoms with Crippen molar-refractivity contribution in [1.29, 1.82) is 0 Å². The Kier molecular flexibility index (Phi) is 3.74. The lowest BCUT2D eigenvalue weighted by atomic mass is 10.2. The van der Waals surface area contributed by atoms with Crippen LogP contribution in [0.5, 0.6) is 5.75 Å². The Morgan fingerprint density at radius 2 is 2.05 bits per heavy atom. The standard InChI is InChI=1S/C14H17NO4/c1-15(13(16)10-7-11(10)14(17)18)8-9-5-3-4-6-12(9)19-2/h3-6,10-11H,7-8H2,1-2H3,(H,17,18)/t10-,11+/m1/s1. The van der Waals surface area contributed by atoms with Crippen LogP contribution in [0.25, 0.3) is 0 Å². The fraction of sp³-hybridized carbons (Fsp3) is 0.429. The lowest BCUT2D eigenvalue weighted by molar-refractivity contribution is -0.141. The number of methoxy groups -OCH3 is 1. The maximum atomic E-state index is 12.0. The van der Waals surface area contributed by atoms with E-state index in [1.54, 1.807) is 19.1 Å². The summed E-state index contributed by atoms with van der Waals surface area (Å²) in [4.78, 5) is 24.4. The first kappa shape index (κ1) is 13.4. The molecular weight excluding hydrogens is 246 g/mol. The Balaban J connectivity index is 1.99. The summed E-state index contributed by atoms with van der Waals surface area (Å²) in [5, 5.41) is 8.84. The van der Waals surface area contributed by atoms with E-state index >= 15 is 0 Å². The van der Waals surface area contributed by atoms with Crippen molar-refractivity contribution in [2.24, 2.45) is 11.8 Å². The summed E-state index contributed by atoms with van der Waals surface area (Å²) >= 11 is 0. The minimum atomic E-state index is -0.885. The fourth-order valence-corrected chi connectivity index (χ4v) is 2.19. The number of benzene rings is 1. The Hall–Kier alpha value is -2.04. The minimum absolute atomic E-state index is 0.113. The Morgan fingerprint density at radius 1 is 1.37 bits per heavy atom. The zero-order valence-electron chi connectivity index (χ0n) is 11.0. The Labute approximate surface area is 111 Å². The third-order valence-electron chi connectivity index (χ3n) is 3.40. The second-order valence-corrected chi connectivity index (χ2v) is 4.79. The number of para-hydroxylation sites is 1. The molecule has 0 aliphatic heterocycles. The van der Waals surface area contributed by atoms with Crippen molar-refractivity contribution in [3.05, 3.63) is 29.8 Å². The smallest absolute Gasteiger partial charge is 0.307 e. The van der Waals surface area contributed by atoms with Crippen LogP contribution in [0.1, 0.15) is 12.0 Å². The number of carboxylic acid groups (broad SMARTS) is 1. The normalized spacial score (nSPS) is 20.7. The van der Waals surface area contributed by atoms with Crippen LogP contribution in [0.4, 0.5) is 0 Å². The van der Waals surface area contributed by atoms with Gasteiger partial charge in [-0.15, -0.1) is 0 Å². The average molecular weight is 263 g/mol. The average Bonchev–Trinajstić information content (AvgIpc) is 3.18. The molecule has 1 aliphatic rings. The molecule has 0 saturated heterocycles. The van der Waals surface area contributed by atoms with E-state index in [1.165, 1.54) is 0 Å². The van der Waals surface area contributed by atoms with Gasteiger partial charge in [0.1, 0.15) is 5.75 Å². The van der Waals surface area contributed by atoms with Gasteiger partial charge in [-0.1, -0.05) is 18.2 Å². The number of carbonyl (C=O) groups excluding carboxylic acids is 1. The van der Waals surface area contributed by atoms with Crippen molar-refractivity contribution in [2.45, 2.75) is 13.0 Å². The highest BCUT2D eigenvalue weighted by Crippen LogP contribution is 2.40. The van der Waals surface area contributed by atoms with E-state index in [-0.39, 0.29) is 11.8 Å². The molecule has 2 rings (SSSR count). The summed E-state index contributed by atoms with van der Waals surface area (Å²) < 4.78 is 5.23. The highest BCUT2D eigenvalue weighted by Gasteiger charge is 2.49. The summed E-state index contributed by atoms with van der Waals surface area (Å²) in [6.07, 6.45) is 0.449. The molecule has 0 bridgehead atoms. The van der Waals surface area contributed by atoms with Gasteiger partial charge >= 0.3 is 5.97 Å². The molecule has 1 N–H and O–H groups in total. The first-order chi connectivity index (χ1) is 9.04. The first-order valence-electron chi connectivity index (χ1n) is 6.14. The van der Waals surface area contributed by atoms with Gasteiger partial charge in [0.05, 0.1) is 18.9 Å². The van der Waals surface area contributed by atoms with Gasteiger partial charge in [-0.25, -0.2) is 0 Å². The third-order valence-corrected chi connectivity index (χ3v) is 3.40. The van der Waals surface area contributed by atoms with Gasteiger partial charge in [0.15, 0.2) is 0 Å². The molecule has 19 heavy (non-hydrogen) atoms. The number of amides is 1. The molecule has 0 aromatic heterocycles. The molecular formula is C14H17NO4. The van der Waals surface area contributed by atoms with Gasteiger partial charge in [0, 0.05) is 19.2 Å². The van der Waals surface area contributed by atoms with Gasteiger partial charge in [0.25, 0.3) is 0 Å². The van der Waals surface area contributed by atoms with Crippen molar-refractivity contribution < 1.29 is 19.4 Å². The van der Waals surface area contributed by atoms with Crippen molar-refractivity contribution >= 4 is 11.9 Å². The largest absolute Gasteiger partial charge is 0.496 e. The molecule has 0 radical (unpaired) electrons. The first-order valence-corrected chi connectivity index (χ1v) is 6.14. The molecule has 102 valence electrons. The minimum Gasteiger partial charge on any atom is -0.496 e. The van der Waals surface area contributed by atoms with Crippen LogP contribution in [-0.4, -0.2) is 36.0 Å². The molecule has 1 amide bonds. The van der Waals surface area contributed by atoms with E-state index in [9.17, 15) is 9.59 Å². The fourth-order valence-electron chi connectivity index (χ4n) is 2.19. The molecule has 5 nitrogen and oxygen atoms in total. The van der Waals surface area contributed by atoms with E-state index in [0.717, 1.165) is 11.3 Å². The second-order valence-electron chi connectivity index (χ2n) is 4.79. The molecule has 0 heterocycles. The van der Waals surface area contributed by atoms with Crippen LogP contribution >= 0.6 is 0 Å². The van der Waals surface area contributed by atoms with Crippen molar-refractivity contribution in [1.82, 2.24) is 4.90 Å². The van der Waals surface area contributed by atoms with E-state index < -0.39 is 11.9 Å². The molecule has 0 spiro atoms. The molecule has 2 atom stereocenters. The molecule has 0 unspecified atom stereocenters. The van der Waals surface area contributed by atoms with Crippen molar-refractivity contribution in [3.63, 3.8) is 0 Å². The molecule has 1 aliphatic carbocycles. The number of carbonyl (C=O) groups is 2. The quantitative estimate of drug-likeness (QED) is 0.871. The van der Waals surface area contributed by atoms with Gasteiger partial charge in [-0.3, -0.25) is 9.59 Å². The summed E-state index contributed by atoms with van der Waals surface area (Å²) in [5.74, 6) is -1.14. The number of hydrogen-bond donors (Lipinski definition) is 1. The maximum Gasteiger partial charge on any atom is 0.307 e. The monoisotopic (exact) mass is 263 g/mol. The predicted molar refractivity (Wildman–Crippen MR) is 68.7 cm³/mol. The number of nitrogens with zero attached hydrogens (tertiary/aromatic N) is 1. The molecule has 1 aromatic carbocycles. The van der Waals surface area contributed by atoms with Crippen LogP contribution in [0.3, 0.4) is 0 Å². The lowest BCUT2D eigenvalue weighted by Gasteiger charge is -2.18.